The maximum atomic E-state index is 9.52. The third-order valence-electron chi connectivity index (χ3n) is 4.61. The molecule has 2 aliphatic rings. The van der Waals surface area contributed by atoms with Crippen LogP contribution in [0.25, 0.3) is 5.57 Å². The number of rotatable bonds is 3. The van der Waals surface area contributed by atoms with E-state index in [1.165, 1.54) is 40.4 Å². The lowest BCUT2D eigenvalue weighted by molar-refractivity contribution is 0.130. The number of halogens is 1. The van der Waals surface area contributed by atoms with Crippen LogP contribution in [0, 0.1) is 3.57 Å². The van der Waals surface area contributed by atoms with Crippen molar-refractivity contribution in [1.29, 1.82) is 0 Å². The summed E-state index contributed by atoms with van der Waals surface area (Å²) >= 11 is 2.35. The summed E-state index contributed by atoms with van der Waals surface area (Å²) in [6.45, 7) is 1.45. The number of aliphatic hydroxyl groups is 1. The second-order valence-corrected chi connectivity index (χ2v) is 7.12. The molecule has 0 saturated carbocycles. The highest BCUT2D eigenvalue weighted by atomic mass is 127. The summed E-state index contributed by atoms with van der Waals surface area (Å²) in [5.41, 5.74) is 2.86. The summed E-state index contributed by atoms with van der Waals surface area (Å²) < 4.78 is 1.29. The van der Waals surface area contributed by atoms with Crippen LogP contribution in [0.15, 0.2) is 30.3 Å². The summed E-state index contributed by atoms with van der Waals surface area (Å²) in [5.74, 6) is 0. The summed E-state index contributed by atoms with van der Waals surface area (Å²) in [7, 11) is 0. The third-order valence-corrected chi connectivity index (χ3v) is 5.33. The van der Waals surface area contributed by atoms with Gasteiger partial charge in [-0.2, -0.15) is 0 Å². The minimum Gasteiger partial charge on any atom is -0.395 e. The summed E-state index contributed by atoms with van der Waals surface area (Å²) in [5, 5.41) is 9.52. The van der Waals surface area contributed by atoms with E-state index in [1.54, 1.807) is 0 Å². The van der Waals surface area contributed by atoms with Gasteiger partial charge in [-0.05, 0) is 84.5 Å². The largest absolute Gasteiger partial charge is 0.395 e. The van der Waals surface area contributed by atoms with Crippen LogP contribution in [-0.2, 0) is 0 Å². The van der Waals surface area contributed by atoms with Crippen LogP contribution >= 0.6 is 22.6 Å². The molecule has 1 heterocycles. The predicted molar refractivity (Wildman–Crippen MR) is 91.6 cm³/mol. The minimum atomic E-state index is 0.309. The Bertz CT molecular complexity index is 482. The Balaban J connectivity index is 1.80. The molecule has 3 rings (SSSR count). The lowest BCUT2D eigenvalue weighted by Gasteiger charge is -2.33. The van der Waals surface area contributed by atoms with Gasteiger partial charge in [0.15, 0.2) is 0 Å². The fourth-order valence-corrected chi connectivity index (χ4v) is 3.92. The van der Waals surface area contributed by atoms with E-state index in [1.807, 2.05) is 0 Å². The highest BCUT2D eigenvalue weighted by Crippen LogP contribution is 2.32. The van der Waals surface area contributed by atoms with Crippen molar-refractivity contribution in [2.75, 3.05) is 13.2 Å². The molecule has 0 spiro atoms. The Labute approximate surface area is 135 Å². The molecule has 1 aromatic carbocycles. The van der Waals surface area contributed by atoms with E-state index in [4.69, 9.17) is 0 Å². The molecule has 1 aliphatic carbocycles. The molecule has 1 N–H and O–H groups in total. The van der Waals surface area contributed by atoms with Crippen molar-refractivity contribution in [3.63, 3.8) is 0 Å². The topological polar surface area (TPSA) is 23.5 Å². The molecular formula is C17H22INO. The lowest BCUT2D eigenvalue weighted by atomic mass is 9.90. The average Bonchev–Trinajstić information content (AvgIpc) is 2.96. The molecule has 108 valence electrons. The zero-order chi connectivity index (χ0) is 13.9. The maximum absolute atomic E-state index is 9.52. The average molecular weight is 383 g/mol. The fraction of sp³-hybridized carbons (Fsp3) is 0.529. The van der Waals surface area contributed by atoms with E-state index in [0.717, 1.165) is 13.0 Å². The van der Waals surface area contributed by atoms with Crippen molar-refractivity contribution >= 4 is 28.2 Å². The molecule has 0 amide bonds. The first-order valence-electron chi connectivity index (χ1n) is 7.61. The van der Waals surface area contributed by atoms with Gasteiger partial charge in [-0.25, -0.2) is 0 Å². The molecule has 1 aliphatic heterocycles. The van der Waals surface area contributed by atoms with Crippen molar-refractivity contribution in [2.45, 2.75) is 44.2 Å². The third kappa shape index (κ3) is 3.10. The van der Waals surface area contributed by atoms with Crippen LogP contribution < -0.4 is 0 Å². The van der Waals surface area contributed by atoms with Crippen molar-refractivity contribution in [3.8, 4) is 0 Å². The van der Waals surface area contributed by atoms with E-state index in [0.29, 0.717) is 18.7 Å². The van der Waals surface area contributed by atoms with Gasteiger partial charge in [0.05, 0.1) is 6.61 Å². The Morgan fingerprint density at radius 3 is 2.70 bits per heavy atom. The van der Waals surface area contributed by atoms with Gasteiger partial charge in [0.25, 0.3) is 0 Å². The van der Waals surface area contributed by atoms with Gasteiger partial charge < -0.3 is 5.11 Å². The number of hydrogen-bond acceptors (Lipinski definition) is 2. The molecule has 1 saturated heterocycles. The van der Waals surface area contributed by atoms with E-state index in [9.17, 15) is 5.11 Å². The molecule has 0 radical (unpaired) electrons. The number of allylic oxidation sites excluding steroid dienone is 1. The summed E-state index contributed by atoms with van der Waals surface area (Å²) in [6.07, 6.45) is 8.53. The monoisotopic (exact) mass is 383 g/mol. The predicted octanol–water partition coefficient (Wildman–Crippen LogP) is 3.68. The van der Waals surface area contributed by atoms with Crippen LogP contribution in [0.2, 0.25) is 0 Å². The molecule has 1 fully saturated rings. The molecule has 2 atom stereocenters. The van der Waals surface area contributed by atoms with Gasteiger partial charge in [0, 0.05) is 15.7 Å². The molecular weight excluding hydrogens is 361 g/mol. The zero-order valence-electron chi connectivity index (χ0n) is 11.8. The van der Waals surface area contributed by atoms with Crippen molar-refractivity contribution in [1.82, 2.24) is 4.90 Å². The van der Waals surface area contributed by atoms with Gasteiger partial charge in [-0.3, -0.25) is 4.90 Å². The molecule has 20 heavy (non-hydrogen) atoms. The first-order valence-corrected chi connectivity index (χ1v) is 8.69. The number of benzene rings is 1. The van der Waals surface area contributed by atoms with Gasteiger partial charge in [-0.1, -0.05) is 18.2 Å². The minimum absolute atomic E-state index is 0.309. The molecule has 1 aromatic rings. The van der Waals surface area contributed by atoms with E-state index < -0.39 is 0 Å². The van der Waals surface area contributed by atoms with Crippen LogP contribution in [0.3, 0.4) is 0 Å². The summed E-state index contributed by atoms with van der Waals surface area (Å²) in [6, 6.07) is 9.76. The first kappa shape index (κ1) is 14.5. The SMILES string of the molecule is OCC1CCCN1C1C=C(c2ccc(I)cc2)CCC1. The highest BCUT2D eigenvalue weighted by molar-refractivity contribution is 14.1. The Morgan fingerprint density at radius 2 is 1.95 bits per heavy atom. The van der Waals surface area contributed by atoms with E-state index in [-0.39, 0.29) is 0 Å². The Morgan fingerprint density at radius 1 is 1.15 bits per heavy atom. The van der Waals surface area contributed by atoms with Crippen molar-refractivity contribution in [2.24, 2.45) is 0 Å². The number of hydrogen-bond donors (Lipinski definition) is 1. The van der Waals surface area contributed by atoms with Crippen molar-refractivity contribution < 1.29 is 5.11 Å². The zero-order valence-corrected chi connectivity index (χ0v) is 13.9. The smallest absolute Gasteiger partial charge is 0.0587 e. The maximum Gasteiger partial charge on any atom is 0.0587 e. The van der Waals surface area contributed by atoms with Crippen LogP contribution in [0.4, 0.5) is 0 Å². The number of aliphatic hydroxyl groups excluding tert-OH is 1. The molecule has 2 unspecified atom stereocenters. The summed E-state index contributed by atoms with van der Waals surface area (Å²) in [4.78, 5) is 2.52. The molecule has 0 aromatic heterocycles. The lowest BCUT2D eigenvalue weighted by Crippen LogP contribution is -2.40. The first-order chi connectivity index (χ1) is 9.78. The molecule has 2 nitrogen and oxygen atoms in total. The Hall–Kier alpha value is -0.390. The standard InChI is InChI=1S/C17H22INO/c18-15-8-6-13(7-9-15)14-3-1-4-16(11-14)19-10-2-5-17(19)12-20/h6-9,11,16-17,20H,1-5,10,12H2. The molecule has 0 bridgehead atoms. The van der Waals surface area contributed by atoms with Crippen molar-refractivity contribution in [3.05, 3.63) is 39.5 Å². The Kier molecular flexibility index (Phi) is 4.79. The van der Waals surface area contributed by atoms with Crippen LogP contribution in [0.5, 0.6) is 0 Å². The van der Waals surface area contributed by atoms with E-state index in [2.05, 4.69) is 57.8 Å². The van der Waals surface area contributed by atoms with Crippen LogP contribution in [-0.4, -0.2) is 35.2 Å². The number of nitrogens with zero attached hydrogens (tertiary/aromatic N) is 1. The molecule has 3 heteroatoms. The van der Waals surface area contributed by atoms with Gasteiger partial charge in [0.1, 0.15) is 0 Å². The van der Waals surface area contributed by atoms with Gasteiger partial charge >= 0.3 is 0 Å². The van der Waals surface area contributed by atoms with Crippen LogP contribution in [0.1, 0.15) is 37.7 Å². The fourth-order valence-electron chi connectivity index (χ4n) is 3.56. The van der Waals surface area contributed by atoms with Gasteiger partial charge in [-0.15, -0.1) is 0 Å². The van der Waals surface area contributed by atoms with Gasteiger partial charge in [0.2, 0.25) is 0 Å². The second kappa shape index (κ2) is 6.58. The second-order valence-electron chi connectivity index (χ2n) is 5.87. The number of likely N-dealkylation sites (tertiary alicyclic amines) is 1. The quantitative estimate of drug-likeness (QED) is 0.805. The van der Waals surface area contributed by atoms with E-state index >= 15 is 0 Å². The normalized spacial score (nSPS) is 27.6. The highest BCUT2D eigenvalue weighted by Gasteiger charge is 2.30.